The van der Waals surface area contributed by atoms with Crippen molar-refractivity contribution >= 4 is 5.69 Å². The van der Waals surface area contributed by atoms with E-state index >= 15 is 0 Å². The van der Waals surface area contributed by atoms with Crippen molar-refractivity contribution in [2.45, 2.75) is 37.8 Å². The van der Waals surface area contributed by atoms with Crippen LogP contribution in [0.4, 0.5) is 5.69 Å². The van der Waals surface area contributed by atoms with Crippen molar-refractivity contribution in [3.05, 3.63) is 36.8 Å². The molecular formula is C15H20N4O. The Hall–Kier alpha value is -1.88. The van der Waals surface area contributed by atoms with Crippen LogP contribution in [0, 0.1) is 0 Å². The van der Waals surface area contributed by atoms with E-state index in [9.17, 15) is 0 Å². The largest absolute Gasteiger partial charge is 0.381 e. The van der Waals surface area contributed by atoms with Crippen LogP contribution in [-0.4, -0.2) is 34.0 Å². The maximum atomic E-state index is 5.46. The molecule has 0 aliphatic heterocycles. The van der Waals surface area contributed by atoms with E-state index in [0.29, 0.717) is 12.1 Å². The Balaban J connectivity index is 1.63. The number of hydrogen-bond acceptors (Lipinski definition) is 4. The number of ether oxygens (including phenoxy) is 1. The molecule has 20 heavy (non-hydrogen) atoms. The Kier molecular flexibility index (Phi) is 3.97. The van der Waals surface area contributed by atoms with E-state index in [-0.39, 0.29) is 0 Å². The number of nitrogens with one attached hydrogen (secondary N) is 1. The van der Waals surface area contributed by atoms with Gasteiger partial charge in [0.1, 0.15) is 0 Å². The molecule has 2 heterocycles. The first kappa shape index (κ1) is 13.1. The van der Waals surface area contributed by atoms with E-state index < -0.39 is 0 Å². The van der Waals surface area contributed by atoms with Gasteiger partial charge in [-0.05, 0) is 43.9 Å². The summed E-state index contributed by atoms with van der Waals surface area (Å²) in [6.45, 7) is 0. The summed E-state index contributed by atoms with van der Waals surface area (Å²) in [6.07, 6.45) is 10.5. The lowest BCUT2D eigenvalue weighted by Gasteiger charge is -2.29. The van der Waals surface area contributed by atoms with Crippen molar-refractivity contribution in [1.29, 1.82) is 0 Å². The molecule has 2 atom stereocenters. The average Bonchev–Trinajstić information content (AvgIpc) is 3.02. The lowest BCUT2D eigenvalue weighted by atomic mass is 9.93. The summed E-state index contributed by atoms with van der Waals surface area (Å²) in [5, 5.41) is 7.72. The Morgan fingerprint density at radius 2 is 2.30 bits per heavy atom. The molecule has 1 aliphatic carbocycles. The zero-order valence-corrected chi connectivity index (χ0v) is 11.7. The van der Waals surface area contributed by atoms with Crippen LogP contribution < -0.4 is 5.32 Å². The highest BCUT2D eigenvalue weighted by atomic mass is 16.5. The Morgan fingerprint density at radius 3 is 3.00 bits per heavy atom. The first-order chi connectivity index (χ1) is 9.85. The van der Waals surface area contributed by atoms with Crippen LogP contribution in [0.2, 0.25) is 0 Å². The smallest absolute Gasteiger partial charge is 0.153 e. The van der Waals surface area contributed by atoms with E-state index in [1.165, 1.54) is 19.3 Å². The highest BCUT2D eigenvalue weighted by molar-refractivity contribution is 5.44. The highest BCUT2D eigenvalue weighted by Gasteiger charge is 2.21. The van der Waals surface area contributed by atoms with Crippen LogP contribution >= 0.6 is 0 Å². The summed E-state index contributed by atoms with van der Waals surface area (Å²) in [7, 11) is 1.80. The maximum absolute atomic E-state index is 5.46. The van der Waals surface area contributed by atoms with Crippen molar-refractivity contribution < 1.29 is 4.74 Å². The molecule has 1 N–H and O–H groups in total. The second kappa shape index (κ2) is 6.05. The number of anilines is 1. The molecule has 0 bridgehead atoms. The Morgan fingerprint density at radius 1 is 1.35 bits per heavy atom. The monoisotopic (exact) mass is 272 g/mol. The number of pyridine rings is 1. The second-order valence-electron chi connectivity index (χ2n) is 5.22. The fourth-order valence-corrected chi connectivity index (χ4v) is 2.74. The molecule has 2 unspecified atom stereocenters. The van der Waals surface area contributed by atoms with Crippen LogP contribution in [-0.2, 0) is 4.74 Å². The minimum atomic E-state index is 0.387. The topological polar surface area (TPSA) is 52.0 Å². The number of rotatable bonds is 4. The van der Waals surface area contributed by atoms with E-state index in [1.54, 1.807) is 18.0 Å². The van der Waals surface area contributed by atoms with Gasteiger partial charge >= 0.3 is 0 Å². The van der Waals surface area contributed by atoms with Gasteiger partial charge in [-0.25, -0.2) is 9.67 Å². The minimum Gasteiger partial charge on any atom is -0.381 e. The molecule has 0 saturated heterocycles. The molecular weight excluding hydrogens is 252 g/mol. The van der Waals surface area contributed by atoms with Gasteiger partial charge in [-0.3, -0.25) is 0 Å². The number of hydrogen-bond donors (Lipinski definition) is 1. The van der Waals surface area contributed by atoms with Gasteiger partial charge in [0.05, 0.1) is 18.0 Å². The highest BCUT2D eigenvalue weighted by Crippen LogP contribution is 2.23. The summed E-state index contributed by atoms with van der Waals surface area (Å²) in [6, 6.07) is 6.40. The quantitative estimate of drug-likeness (QED) is 0.929. The average molecular weight is 272 g/mol. The van der Waals surface area contributed by atoms with Gasteiger partial charge in [-0.1, -0.05) is 0 Å². The maximum Gasteiger partial charge on any atom is 0.153 e. The van der Waals surface area contributed by atoms with Crippen LogP contribution in [0.3, 0.4) is 0 Å². The molecule has 1 saturated carbocycles. The predicted octanol–water partition coefficient (Wildman–Crippen LogP) is 2.64. The summed E-state index contributed by atoms with van der Waals surface area (Å²) in [4.78, 5) is 4.43. The zero-order chi connectivity index (χ0) is 13.8. The van der Waals surface area contributed by atoms with Crippen molar-refractivity contribution in [2.75, 3.05) is 12.4 Å². The van der Waals surface area contributed by atoms with Crippen LogP contribution in [0.1, 0.15) is 25.7 Å². The minimum absolute atomic E-state index is 0.387. The Labute approximate surface area is 119 Å². The van der Waals surface area contributed by atoms with Crippen LogP contribution in [0.15, 0.2) is 36.8 Å². The third-order valence-electron chi connectivity index (χ3n) is 3.82. The molecule has 1 aliphatic rings. The fraction of sp³-hybridized carbons (Fsp3) is 0.467. The molecule has 0 spiro atoms. The van der Waals surface area contributed by atoms with Crippen molar-refractivity contribution in [3.8, 4) is 5.82 Å². The lowest BCUT2D eigenvalue weighted by molar-refractivity contribution is 0.0669. The van der Waals surface area contributed by atoms with Gasteiger partial charge in [0.2, 0.25) is 0 Å². The Bertz CT molecular complexity index is 523. The van der Waals surface area contributed by atoms with Gasteiger partial charge in [-0.15, -0.1) is 0 Å². The molecule has 0 aromatic carbocycles. The molecule has 0 radical (unpaired) electrons. The van der Waals surface area contributed by atoms with Gasteiger partial charge in [0.25, 0.3) is 0 Å². The first-order valence-corrected chi connectivity index (χ1v) is 7.10. The van der Waals surface area contributed by atoms with Crippen molar-refractivity contribution in [1.82, 2.24) is 14.8 Å². The van der Waals surface area contributed by atoms with Gasteiger partial charge in [0, 0.05) is 25.5 Å². The summed E-state index contributed by atoms with van der Waals surface area (Å²) in [5.74, 6) is 0.832. The first-order valence-electron chi connectivity index (χ1n) is 7.10. The summed E-state index contributed by atoms with van der Waals surface area (Å²) >= 11 is 0. The lowest BCUT2D eigenvalue weighted by Crippen LogP contribution is -2.31. The second-order valence-corrected chi connectivity index (χ2v) is 5.22. The molecule has 0 amide bonds. The molecule has 5 nitrogen and oxygen atoms in total. The third-order valence-corrected chi connectivity index (χ3v) is 3.82. The van der Waals surface area contributed by atoms with Crippen molar-refractivity contribution in [3.63, 3.8) is 0 Å². The number of nitrogens with zero attached hydrogens (tertiary/aromatic N) is 3. The van der Waals surface area contributed by atoms with Gasteiger partial charge < -0.3 is 10.1 Å². The molecule has 2 aromatic rings. The van der Waals surface area contributed by atoms with E-state index in [2.05, 4.69) is 21.5 Å². The van der Waals surface area contributed by atoms with E-state index in [1.807, 2.05) is 24.5 Å². The molecule has 106 valence electrons. The van der Waals surface area contributed by atoms with E-state index in [0.717, 1.165) is 17.9 Å². The van der Waals surface area contributed by atoms with Gasteiger partial charge in [0.15, 0.2) is 5.82 Å². The molecule has 2 aromatic heterocycles. The third kappa shape index (κ3) is 2.99. The number of methoxy groups -OCH3 is 1. The summed E-state index contributed by atoms with van der Waals surface area (Å²) < 4.78 is 7.22. The SMILES string of the molecule is COC1CCCC(Nc2ccc(-n3cccn3)nc2)C1. The van der Waals surface area contributed by atoms with Crippen molar-refractivity contribution in [2.24, 2.45) is 0 Å². The fourth-order valence-electron chi connectivity index (χ4n) is 2.74. The van der Waals surface area contributed by atoms with E-state index in [4.69, 9.17) is 4.74 Å². The number of aromatic nitrogens is 3. The van der Waals surface area contributed by atoms with Crippen LogP contribution in [0.5, 0.6) is 0 Å². The van der Waals surface area contributed by atoms with Gasteiger partial charge in [-0.2, -0.15) is 5.10 Å². The molecule has 5 heteroatoms. The van der Waals surface area contributed by atoms with Crippen LogP contribution in [0.25, 0.3) is 5.82 Å². The standard InChI is InChI=1S/C15H20N4O/c1-20-14-5-2-4-12(10-14)18-13-6-7-15(16-11-13)19-9-3-8-17-19/h3,6-9,11-12,14,18H,2,4-5,10H2,1H3. The molecule has 3 rings (SSSR count). The summed E-state index contributed by atoms with van der Waals surface area (Å²) in [5.41, 5.74) is 1.06. The normalized spacial score (nSPS) is 22.6. The predicted molar refractivity (Wildman–Crippen MR) is 78.0 cm³/mol. The molecule has 1 fully saturated rings. The zero-order valence-electron chi connectivity index (χ0n) is 11.7.